The number of nitrogens with zero attached hydrogens (tertiary/aromatic N) is 1. The smallest absolute Gasteiger partial charge is 0.128 e. The minimum absolute atomic E-state index is 0.300. The van der Waals surface area contributed by atoms with E-state index in [1.54, 1.807) is 12.1 Å². The number of hydrogen-bond donors (Lipinski definition) is 1. The van der Waals surface area contributed by atoms with Crippen molar-refractivity contribution >= 4 is 10.9 Å². The summed E-state index contributed by atoms with van der Waals surface area (Å²) < 4.78 is 7.81. The van der Waals surface area contributed by atoms with Crippen LogP contribution in [0.5, 0.6) is 11.5 Å². The number of benzene rings is 2. The molecule has 1 aromatic heterocycles. The van der Waals surface area contributed by atoms with E-state index in [1.807, 2.05) is 31.2 Å². The predicted molar refractivity (Wildman–Crippen MR) is 80.3 cm³/mol. The second-order valence-corrected chi connectivity index (χ2v) is 4.74. The van der Waals surface area contributed by atoms with Crippen molar-refractivity contribution in [1.82, 2.24) is 4.57 Å². The Labute approximate surface area is 118 Å². The molecule has 3 heteroatoms. The van der Waals surface area contributed by atoms with Crippen molar-refractivity contribution in [2.75, 3.05) is 6.61 Å². The first-order valence-electron chi connectivity index (χ1n) is 6.76. The molecule has 0 radical (unpaired) electrons. The topological polar surface area (TPSA) is 34.4 Å². The maximum absolute atomic E-state index is 9.54. The molecule has 0 saturated carbocycles. The SMILES string of the molecule is CCOc1cccc2c1ccn2Cc1cccc(O)c1. The monoisotopic (exact) mass is 267 g/mol. The summed E-state index contributed by atoms with van der Waals surface area (Å²) in [5, 5.41) is 10.7. The molecule has 102 valence electrons. The Kier molecular flexibility index (Phi) is 3.33. The van der Waals surface area contributed by atoms with Gasteiger partial charge < -0.3 is 14.4 Å². The molecule has 0 atom stereocenters. The molecule has 3 nitrogen and oxygen atoms in total. The van der Waals surface area contributed by atoms with Crippen LogP contribution in [0.3, 0.4) is 0 Å². The summed E-state index contributed by atoms with van der Waals surface area (Å²) in [4.78, 5) is 0. The molecule has 1 N–H and O–H groups in total. The number of ether oxygens (including phenoxy) is 1. The Bertz CT molecular complexity index is 731. The first-order valence-corrected chi connectivity index (χ1v) is 6.76. The number of phenols is 1. The molecule has 0 amide bonds. The molecule has 0 fully saturated rings. The Hall–Kier alpha value is -2.42. The van der Waals surface area contributed by atoms with Crippen molar-refractivity contribution in [3.05, 3.63) is 60.3 Å². The number of fused-ring (bicyclic) bond motifs is 1. The Morgan fingerprint density at radius 3 is 2.75 bits per heavy atom. The van der Waals surface area contributed by atoms with Crippen LogP contribution in [0.4, 0.5) is 0 Å². The molecule has 0 spiro atoms. The molecule has 20 heavy (non-hydrogen) atoms. The summed E-state index contributed by atoms with van der Waals surface area (Å²) >= 11 is 0. The molecule has 3 rings (SSSR count). The summed E-state index contributed by atoms with van der Waals surface area (Å²) in [5.41, 5.74) is 2.21. The van der Waals surface area contributed by atoms with Gasteiger partial charge in [0.1, 0.15) is 11.5 Å². The zero-order chi connectivity index (χ0) is 13.9. The highest BCUT2D eigenvalue weighted by molar-refractivity contribution is 5.86. The van der Waals surface area contributed by atoms with Gasteiger partial charge in [-0.1, -0.05) is 18.2 Å². The number of aromatic nitrogens is 1. The van der Waals surface area contributed by atoms with Crippen LogP contribution in [0.15, 0.2) is 54.7 Å². The van der Waals surface area contributed by atoms with Crippen molar-refractivity contribution in [3.63, 3.8) is 0 Å². The number of aromatic hydroxyl groups is 1. The molecule has 0 bridgehead atoms. The minimum Gasteiger partial charge on any atom is -0.508 e. The van der Waals surface area contributed by atoms with Crippen LogP contribution in [-0.4, -0.2) is 16.3 Å². The average Bonchev–Trinajstić information content (AvgIpc) is 2.84. The Morgan fingerprint density at radius 1 is 1.10 bits per heavy atom. The fourth-order valence-electron chi connectivity index (χ4n) is 2.47. The maximum Gasteiger partial charge on any atom is 0.128 e. The predicted octanol–water partition coefficient (Wildman–Crippen LogP) is 3.79. The molecule has 3 aromatic rings. The molecule has 0 unspecified atom stereocenters. The van der Waals surface area contributed by atoms with Crippen LogP contribution in [0.25, 0.3) is 10.9 Å². The third kappa shape index (κ3) is 2.35. The van der Waals surface area contributed by atoms with Gasteiger partial charge in [0.05, 0.1) is 12.1 Å². The van der Waals surface area contributed by atoms with Gasteiger partial charge in [-0.2, -0.15) is 0 Å². The van der Waals surface area contributed by atoms with Gasteiger partial charge in [-0.25, -0.2) is 0 Å². The van der Waals surface area contributed by atoms with Crippen LogP contribution < -0.4 is 4.74 Å². The van der Waals surface area contributed by atoms with E-state index in [1.165, 1.54) is 0 Å². The fraction of sp³-hybridized carbons (Fsp3) is 0.176. The van der Waals surface area contributed by atoms with E-state index in [9.17, 15) is 5.11 Å². The van der Waals surface area contributed by atoms with Gasteiger partial charge in [-0.15, -0.1) is 0 Å². The van der Waals surface area contributed by atoms with Gasteiger partial charge in [0.15, 0.2) is 0 Å². The fourth-order valence-corrected chi connectivity index (χ4v) is 2.47. The van der Waals surface area contributed by atoms with Crippen LogP contribution in [0.2, 0.25) is 0 Å². The largest absolute Gasteiger partial charge is 0.508 e. The van der Waals surface area contributed by atoms with E-state index >= 15 is 0 Å². The van der Waals surface area contributed by atoms with E-state index in [-0.39, 0.29) is 0 Å². The lowest BCUT2D eigenvalue weighted by Gasteiger charge is -2.08. The van der Waals surface area contributed by atoms with Crippen molar-refractivity contribution in [3.8, 4) is 11.5 Å². The van der Waals surface area contributed by atoms with Gasteiger partial charge in [0, 0.05) is 18.1 Å². The zero-order valence-electron chi connectivity index (χ0n) is 11.4. The molecule has 1 heterocycles. The summed E-state index contributed by atoms with van der Waals surface area (Å²) in [6.45, 7) is 3.38. The second kappa shape index (κ2) is 5.29. The standard InChI is InChI=1S/C17H17NO2/c1-2-20-17-8-4-7-16-15(17)9-10-18(16)12-13-5-3-6-14(19)11-13/h3-11,19H,2,12H2,1H3. The molecule has 0 aliphatic carbocycles. The van der Waals surface area contributed by atoms with Crippen LogP contribution in [0, 0.1) is 0 Å². The molecule has 0 saturated heterocycles. The maximum atomic E-state index is 9.54. The van der Waals surface area contributed by atoms with Gasteiger partial charge in [0.2, 0.25) is 0 Å². The highest BCUT2D eigenvalue weighted by atomic mass is 16.5. The van der Waals surface area contributed by atoms with Gasteiger partial charge in [0.25, 0.3) is 0 Å². The first kappa shape index (κ1) is 12.6. The second-order valence-electron chi connectivity index (χ2n) is 4.74. The molecule has 0 aliphatic rings. The van der Waals surface area contributed by atoms with Gasteiger partial charge >= 0.3 is 0 Å². The third-order valence-electron chi connectivity index (χ3n) is 3.34. The van der Waals surface area contributed by atoms with E-state index in [2.05, 4.69) is 22.9 Å². The molecule has 0 aliphatic heterocycles. The van der Waals surface area contributed by atoms with Crippen molar-refractivity contribution in [2.24, 2.45) is 0 Å². The van der Waals surface area contributed by atoms with Crippen molar-refractivity contribution < 1.29 is 9.84 Å². The lowest BCUT2D eigenvalue weighted by atomic mass is 10.2. The normalized spacial score (nSPS) is 10.8. The third-order valence-corrected chi connectivity index (χ3v) is 3.34. The zero-order valence-corrected chi connectivity index (χ0v) is 11.4. The summed E-state index contributed by atoms with van der Waals surface area (Å²) in [6, 6.07) is 15.5. The summed E-state index contributed by atoms with van der Waals surface area (Å²) in [5.74, 6) is 1.22. The number of phenolic OH excluding ortho intramolecular Hbond substituents is 1. The van der Waals surface area contributed by atoms with Crippen LogP contribution >= 0.6 is 0 Å². The molecule has 2 aromatic carbocycles. The van der Waals surface area contributed by atoms with Crippen molar-refractivity contribution in [2.45, 2.75) is 13.5 Å². The quantitative estimate of drug-likeness (QED) is 0.780. The highest BCUT2D eigenvalue weighted by Crippen LogP contribution is 2.27. The Morgan fingerprint density at radius 2 is 1.95 bits per heavy atom. The minimum atomic E-state index is 0.300. The van der Waals surface area contributed by atoms with Crippen LogP contribution in [0.1, 0.15) is 12.5 Å². The Balaban J connectivity index is 1.98. The van der Waals surface area contributed by atoms with Crippen molar-refractivity contribution in [1.29, 1.82) is 0 Å². The van der Waals surface area contributed by atoms with E-state index in [0.717, 1.165) is 28.8 Å². The summed E-state index contributed by atoms with van der Waals surface area (Å²) in [6.07, 6.45) is 2.05. The summed E-state index contributed by atoms with van der Waals surface area (Å²) in [7, 11) is 0. The van der Waals surface area contributed by atoms with E-state index in [0.29, 0.717) is 12.4 Å². The lowest BCUT2D eigenvalue weighted by molar-refractivity contribution is 0.344. The number of rotatable bonds is 4. The van der Waals surface area contributed by atoms with Gasteiger partial charge in [-0.3, -0.25) is 0 Å². The van der Waals surface area contributed by atoms with E-state index < -0.39 is 0 Å². The molecular weight excluding hydrogens is 250 g/mol. The first-order chi connectivity index (χ1) is 9.78. The van der Waals surface area contributed by atoms with Gasteiger partial charge in [-0.05, 0) is 42.8 Å². The molecular formula is C17H17NO2. The van der Waals surface area contributed by atoms with E-state index in [4.69, 9.17) is 4.74 Å². The van der Waals surface area contributed by atoms with Crippen LogP contribution in [-0.2, 0) is 6.54 Å². The number of hydrogen-bond acceptors (Lipinski definition) is 2. The average molecular weight is 267 g/mol. The highest BCUT2D eigenvalue weighted by Gasteiger charge is 2.06. The lowest BCUT2D eigenvalue weighted by Crippen LogP contribution is -1.98.